The van der Waals surface area contributed by atoms with Crippen molar-refractivity contribution < 1.29 is 19.5 Å². The highest BCUT2D eigenvalue weighted by Crippen LogP contribution is 2.31. The van der Waals surface area contributed by atoms with Crippen LogP contribution in [0.2, 0.25) is 0 Å². The van der Waals surface area contributed by atoms with Crippen LogP contribution in [-0.2, 0) is 14.4 Å². The minimum atomic E-state index is -1.01. The number of amides is 2. The van der Waals surface area contributed by atoms with Gasteiger partial charge in [-0.05, 0) is 56.2 Å². The van der Waals surface area contributed by atoms with Crippen LogP contribution in [-0.4, -0.2) is 71.5 Å². The summed E-state index contributed by atoms with van der Waals surface area (Å²) in [4.78, 5) is 42.3. The van der Waals surface area contributed by atoms with Crippen molar-refractivity contribution in [1.82, 2.24) is 15.1 Å². The van der Waals surface area contributed by atoms with Gasteiger partial charge in [0, 0.05) is 12.6 Å². The molecular weight excluding hydrogens is 442 g/mol. The molecule has 7 nitrogen and oxygen atoms in total. The average molecular weight is 486 g/mol. The van der Waals surface area contributed by atoms with Crippen LogP contribution in [0, 0.1) is 11.3 Å². The topological polar surface area (TPSA) is 90.0 Å². The number of benzene rings is 1. The second-order valence-corrected chi connectivity index (χ2v) is 11.3. The lowest BCUT2D eigenvalue weighted by Gasteiger charge is -2.40. The van der Waals surface area contributed by atoms with Crippen molar-refractivity contribution in [2.45, 2.75) is 78.4 Å². The maximum atomic E-state index is 13.7. The fourth-order valence-corrected chi connectivity index (χ4v) is 4.73. The Bertz CT molecular complexity index is 920. The van der Waals surface area contributed by atoms with Crippen LogP contribution >= 0.6 is 0 Å². The van der Waals surface area contributed by atoms with Crippen molar-refractivity contribution in [2.24, 2.45) is 11.3 Å². The van der Waals surface area contributed by atoms with E-state index in [1.807, 2.05) is 59.9 Å². The van der Waals surface area contributed by atoms with E-state index in [0.717, 1.165) is 13.0 Å². The summed E-state index contributed by atoms with van der Waals surface area (Å²) in [5.41, 5.74) is 0.901. The Labute approximate surface area is 210 Å². The molecule has 1 aliphatic rings. The fourth-order valence-electron chi connectivity index (χ4n) is 4.73. The van der Waals surface area contributed by atoms with E-state index in [2.05, 4.69) is 22.3 Å². The Hall–Kier alpha value is -2.67. The number of hydrogen-bond donors (Lipinski definition) is 2. The van der Waals surface area contributed by atoms with E-state index in [1.54, 1.807) is 18.0 Å². The molecule has 1 unspecified atom stereocenters. The molecule has 1 fully saturated rings. The maximum absolute atomic E-state index is 13.7. The van der Waals surface area contributed by atoms with Crippen molar-refractivity contribution in [3.63, 3.8) is 0 Å². The Balaban J connectivity index is 2.25. The van der Waals surface area contributed by atoms with Crippen LogP contribution in [0.3, 0.4) is 0 Å². The number of carboxylic acid groups (broad SMARTS) is 1. The molecular formula is C28H43N3O4. The number of aliphatic carboxylic acids is 1. The van der Waals surface area contributed by atoms with Crippen molar-refractivity contribution in [3.8, 4) is 0 Å². The average Bonchev–Trinajstić information content (AvgIpc) is 2.79. The van der Waals surface area contributed by atoms with Crippen molar-refractivity contribution in [3.05, 3.63) is 47.5 Å². The molecule has 1 aromatic carbocycles. The van der Waals surface area contributed by atoms with Crippen LogP contribution in [0.15, 0.2) is 42.0 Å². The lowest BCUT2D eigenvalue weighted by atomic mass is 9.83. The van der Waals surface area contributed by atoms with Crippen LogP contribution in [0.1, 0.15) is 65.9 Å². The largest absolute Gasteiger partial charge is 0.478 e. The number of rotatable bonds is 8. The van der Waals surface area contributed by atoms with Gasteiger partial charge >= 0.3 is 5.97 Å². The molecule has 1 saturated heterocycles. The Kier molecular flexibility index (Phi) is 9.67. The lowest BCUT2D eigenvalue weighted by Crippen LogP contribution is -2.60. The minimum absolute atomic E-state index is 0.00526. The third-order valence-electron chi connectivity index (χ3n) is 7.08. The molecule has 0 saturated carbocycles. The van der Waals surface area contributed by atoms with Gasteiger partial charge in [-0.25, -0.2) is 4.79 Å². The van der Waals surface area contributed by atoms with Gasteiger partial charge in [0.25, 0.3) is 0 Å². The second-order valence-electron chi connectivity index (χ2n) is 11.3. The van der Waals surface area contributed by atoms with Gasteiger partial charge in [-0.1, -0.05) is 71.0 Å². The van der Waals surface area contributed by atoms with E-state index in [9.17, 15) is 19.5 Å². The number of nitrogens with zero attached hydrogens (tertiary/aromatic N) is 2. The summed E-state index contributed by atoms with van der Waals surface area (Å²) in [6.07, 6.45) is 3.30. The van der Waals surface area contributed by atoms with Gasteiger partial charge in [-0.3, -0.25) is 14.5 Å². The summed E-state index contributed by atoms with van der Waals surface area (Å²) in [7, 11) is 3.64. The number of piperidine rings is 1. The smallest absolute Gasteiger partial charge is 0.331 e. The number of likely N-dealkylation sites (tertiary alicyclic amines) is 1. The van der Waals surface area contributed by atoms with Gasteiger partial charge in [0.05, 0.1) is 12.1 Å². The summed E-state index contributed by atoms with van der Waals surface area (Å²) in [5.74, 6) is -1.08. The number of carboxylic acids is 1. The van der Waals surface area contributed by atoms with E-state index < -0.39 is 23.5 Å². The molecule has 0 spiro atoms. The monoisotopic (exact) mass is 485 g/mol. The number of likely N-dealkylation sites (N-methyl/N-ethyl adjacent to an activating group) is 2. The molecule has 2 rings (SSSR count). The second kappa shape index (κ2) is 11.8. The highest BCUT2D eigenvalue weighted by molar-refractivity contribution is 5.91. The first-order valence-electron chi connectivity index (χ1n) is 12.5. The number of carbonyl (C=O) groups is 3. The van der Waals surface area contributed by atoms with Crippen molar-refractivity contribution >= 4 is 17.8 Å². The van der Waals surface area contributed by atoms with Gasteiger partial charge < -0.3 is 15.3 Å². The zero-order valence-electron chi connectivity index (χ0n) is 22.5. The molecule has 194 valence electrons. The van der Waals surface area contributed by atoms with Gasteiger partial charge in [-0.2, -0.15) is 0 Å². The van der Waals surface area contributed by atoms with E-state index >= 15 is 0 Å². The highest BCUT2D eigenvalue weighted by Gasteiger charge is 2.40. The highest BCUT2D eigenvalue weighted by atomic mass is 16.4. The van der Waals surface area contributed by atoms with Gasteiger partial charge in [0.2, 0.25) is 11.8 Å². The quantitative estimate of drug-likeness (QED) is 0.545. The molecule has 0 radical (unpaired) electrons. The third kappa shape index (κ3) is 7.40. The first-order chi connectivity index (χ1) is 16.2. The van der Waals surface area contributed by atoms with Gasteiger partial charge in [0.1, 0.15) is 6.04 Å². The maximum Gasteiger partial charge on any atom is 0.331 e. The van der Waals surface area contributed by atoms with Gasteiger partial charge in [0.15, 0.2) is 0 Å². The van der Waals surface area contributed by atoms with E-state index in [0.29, 0.717) is 12.3 Å². The SMILES string of the molecule is CC(=C[C@H](C(C)C)N(C)C(=O)[C@@H](NC(=O)C1C[C@H](c2ccccc2)CCN1C)C(C)(C)C)C(=O)O. The van der Waals surface area contributed by atoms with E-state index in [-0.39, 0.29) is 29.3 Å². The Morgan fingerprint density at radius 2 is 1.77 bits per heavy atom. The molecule has 1 aliphatic heterocycles. The summed E-state index contributed by atoms with van der Waals surface area (Å²) in [5, 5.41) is 12.4. The van der Waals surface area contributed by atoms with Crippen molar-refractivity contribution in [2.75, 3.05) is 20.6 Å². The molecule has 4 atom stereocenters. The fraction of sp³-hybridized carbons (Fsp3) is 0.607. The van der Waals surface area contributed by atoms with Crippen molar-refractivity contribution in [1.29, 1.82) is 0 Å². The predicted molar refractivity (Wildman–Crippen MR) is 139 cm³/mol. The zero-order valence-corrected chi connectivity index (χ0v) is 22.5. The summed E-state index contributed by atoms with van der Waals surface area (Å²) in [6, 6.07) is 8.80. The molecule has 0 aliphatic carbocycles. The standard InChI is InChI=1S/C28H43N3O4/c1-18(2)22(16-19(3)27(34)35)31(8)26(33)24(28(4,5)6)29-25(32)23-17-21(14-15-30(23)7)20-12-10-9-11-13-20/h9-13,16,18,21-24H,14-15,17H2,1-8H3,(H,29,32)(H,34,35)/t21-,22-,23?,24-/m1/s1. The minimum Gasteiger partial charge on any atom is -0.478 e. The number of carbonyl (C=O) groups excluding carboxylic acids is 2. The van der Waals surface area contributed by atoms with E-state index in [4.69, 9.17) is 0 Å². The Morgan fingerprint density at radius 1 is 1.17 bits per heavy atom. The first kappa shape index (κ1) is 28.6. The third-order valence-corrected chi connectivity index (χ3v) is 7.08. The molecule has 1 heterocycles. The normalized spacial score (nSPS) is 21.3. The van der Waals surface area contributed by atoms with Crippen LogP contribution in [0.4, 0.5) is 0 Å². The predicted octanol–water partition coefficient (Wildman–Crippen LogP) is 3.91. The zero-order chi connectivity index (χ0) is 26.5. The Morgan fingerprint density at radius 3 is 2.29 bits per heavy atom. The molecule has 0 bridgehead atoms. The molecule has 2 N–H and O–H groups in total. The summed E-state index contributed by atoms with van der Waals surface area (Å²) < 4.78 is 0. The number of hydrogen-bond acceptors (Lipinski definition) is 4. The molecule has 1 aromatic rings. The van der Waals surface area contributed by atoms with Crippen LogP contribution in [0.5, 0.6) is 0 Å². The van der Waals surface area contributed by atoms with Gasteiger partial charge in [-0.15, -0.1) is 0 Å². The summed E-state index contributed by atoms with van der Waals surface area (Å²) >= 11 is 0. The first-order valence-corrected chi connectivity index (χ1v) is 12.5. The van der Waals surface area contributed by atoms with Crippen LogP contribution in [0.25, 0.3) is 0 Å². The van der Waals surface area contributed by atoms with Crippen LogP contribution < -0.4 is 5.32 Å². The lowest BCUT2D eigenvalue weighted by molar-refractivity contribution is -0.141. The molecule has 2 amide bonds. The molecule has 7 heteroatoms. The molecule has 35 heavy (non-hydrogen) atoms. The summed E-state index contributed by atoms with van der Waals surface area (Å²) in [6.45, 7) is 12.0. The van der Waals surface area contributed by atoms with E-state index in [1.165, 1.54) is 12.5 Å². The molecule has 0 aromatic heterocycles. The number of nitrogens with one attached hydrogen (secondary N) is 1.